The summed E-state index contributed by atoms with van der Waals surface area (Å²) >= 11 is 0. The molecule has 1 aliphatic carbocycles. The van der Waals surface area contributed by atoms with E-state index in [-0.39, 0.29) is 12.1 Å². The number of urea groups is 1. The zero-order chi connectivity index (χ0) is 14.7. The molecular formula is C17H24N2O2. The van der Waals surface area contributed by atoms with Gasteiger partial charge in [0.25, 0.3) is 0 Å². The summed E-state index contributed by atoms with van der Waals surface area (Å²) in [5.41, 5.74) is 0.885. The Kier molecular flexibility index (Phi) is 4.32. The number of carbonyl (C=O) groups excluding carboxylic acids is 1. The van der Waals surface area contributed by atoms with Crippen LogP contribution in [0.2, 0.25) is 0 Å². The quantitative estimate of drug-likeness (QED) is 0.901. The van der Waals surface area contributed by atoms with Gasteiger partial charge in [0, 0.05) is 6.04 Å². The third kappa shape index (κ3) is 3.14. The summed E-state index contributed by atoms with van der Waals surface area (Å²) in [6.45, 7) is 2.72. The molecule has 0 radical (unpaired) electrons. The molecular weight excluding hydrogens is 264 g/mol. The fourth-order valence-electron chi connectivity index (χ4n) is 3.20. The van der Waals surface area contributed by atoms with Gasteiger partial charge in [-0.15, -0.1) is 0 Å². The highest BCUT2D eigenvalue weighted by Gasteiger charge is 2.29. The maximum absolute atomic E-state index is 12.6. The molecule has 3 rings (SSSR count). The van der Waals surface area contributed by atoms with Gasteiger partial charge in [0.1, 0.15) is 11.9 Å². The Hall–Kier alpha value is -1.71. The lowest BCUT2D eigenvalue weighted by atomic mass is 9.96. The van der Waals surface area contributed by atoms with Crippen molar-refractivity contribution >= 4 is 11.7 Å². The fraction of sp³-hybridized carbons (Fsp3) is 0.588. The van der Waals surface area contributed by atoms with Crippen molar-refractivity contribution in [3.63, 3.8) is 0 Å². The van der Waals surface area contributed by atoms with E-state index >= 15 is 0 Å². The first-order valence-electron chi connectivity index (χ1n) is 8.11. The van der Waals surface area contributed by atoms with Crippen LogP contribution in [0, 0.1) is 0 Å². The van der Waals surface area contributed by atoms with E-state index in [4.69, 9.17) is 4.74 Å². The Morgan fingerprint density at radius 3 is 2.81 bits per heavy atom. The summed E-state index contributed by atoms with van der Waals surface area (Å²) in [4.78, 5) is 14.5. The van der Waals surface area contributed by atoms with Crippen LogP contribution in [0.3, 0.4) is 0 Å². The number of ether oxygens (including phenoxy) is 1. The van der Waals surface area contributed by atoms with Crippen LogP contribution in [0.5, 0.6) is 5.75 Å². The van der Waals surface area contributed by atoms with Crippen LogP contribution in [0.25, 0.3) is 0 Å². The van der Waals surface area contributed by atoms with Crippen molar-refractivity contribution < 1.29 is 9.53 Å². The zero-order valence-electron chi connectivity index (χ0n) is 12.7. The lowest BCUT2D eigenvalue weighted by molar-refractivity contribution is 0.184. The highest BCUT2D eigenvalue weighted by molar-refractivity contribution is 5.94. The first-order chi connectivity index (χ1) is 10.3. The van der Waals surface area contributed by atoms with Crippen molar-refractivity contribution in [1.82, 2.24) is 5.32 Å². The highest BCUT2D eigenvalue weighted by Crippen LogP contribution is 2.33. The van der Waals surface area contributed by atoms with E-state index in [0.29, 0.717) is 12.6 Å². The predicted molar refractivity (Wildman–Crippen MR) is 83.9 cm³/mol. The van der Waals surface area contributed by atoms with Crippen molar-refractivity contribution in [3.8, 4) is 5.75 Å². The Labute approximate surface area is 126 Å². The van der Waals surface area contributed by atoms with E-state index in [1.807, 2.05) is 29.2 Å². The molecule has 2 aliphatic rings. The van der Waals surface area contributed by atoms with E-state index in [1.165, 1.54) is 19.3 Å². The van der Waals surface area contributed by atoms with Crippen LogP contribution < -0.4 is 15.0 Å². The summed E-state index contributed by atoms with van der Waals surface area (Å²) in [5, 5.41) is 3.21. The molecule has 1 saturated carbocycles. The minimum Gasteiger partial charge on any atom is -0.486 e. The minimum absolute atomic E-state index is 0.0242. The number of amides is 2. The van der Waals surface area contributed by atoms with E-state index in [0.717, 1.165) is 30.7 Å². The summed E-state index contributed by atoms with van der Waals surface area (Å²) in [5.74, 6) is 0.814. The van der Waals surface area contributed by atoms with Gasteiger partial charge in [-0.1, -0.05) is 38.3 Å². The number of rotatable bonds is 2. The third-order valence-corrected chi connectivity index (χ3v) is 4.47. The second-order valence-corrected chi connectivity index (χ2v) is 6.01. The van der Waals surface area contributed by atoms with Crippen LogP contribution in [0.1, 0.15) is 45.4 Å². The van der Waals surface area contributed by atoms with Crippen LogP contribution in [0.15, 0.2) is 24.3 Å². The monoisotopic (exact) mass is 288 g/mol. The van der Waals surface area contributed by atoms with Gasteiger partial charge in [-0.05, 0) is 31.4 Å². The lowest BCUT2D eigenvalue weighted by Crippen LogP contribution is -2.50. The topological polar surface area (TPSA) is 41.6 Å². The molecule has 4 heteroatoms. The maximum atomic E-state index is 12.6. The van der Waals surface area contributed by atoms with Crippen molar-refractivity contribution in [2.24, 2.45) is 0 Å². The Morgan fingerprint density at radius 1 is 1.29 bits per heavy atom. The molecule has 0 spiro atoms. The normalized spacial score (nSPS) is 22.3. The molecule has 21 heavy (non-hydrogen) atoms. The molecule has 4 nitrogen and oxygen atoms in total. The second-order valence-electron chi connectivity index (χ2n) is 6.01. The van der Waals surface area contributed by atoms with Crippen molar-refractivity contribution in [1.29, 1.82) is 0 Å². The molecule has 1 aromatic carbocycles. The molecule has 0 saturated heterocycles. The molecule has 0 aromatic heterocycles. The van der Waals surface area contributed by atoms with Gasteiger partial charge in [0.05, 0.1) is 12.2 Å². The Balaban J connectivity index is 1.75. The number of nitrogens with one attached hydrogen (secondary N) is 1. The molecule has 1 heterocycles. The van der Waals surface area contributed by atoms with Gasteiger partial charge < -0.3 is 10.1 Å². The van der Waals surface area contributed by atoms with E-state index in [1.54, 1.807) is 0 Å². The number of carbonyl (C=O) groups is 1. The van der Waals surface area contributed by atoms with E-state index in [9.17, 15) is 4.79 Å². The largest absolute Gasteiger partial charge is 0.486 e. The summed E-state index contributed by atoms with van der Waals surface area (Å²) in [6.07, 6.45) is 6.94. The van der Waals surface area contributed by atoms with Crippen LogP contribution in [0.4, 0.5) is 10.5 Å². The van der Waals surface area contributed by atoms with Crippen LogP contribution >= 0.6 is 0 Å². The molecule has 1 aliphatic heterocycles. The average Bonchev–Trinajstić information content (AvgIpc) is 2.54. The number of anilines is 1. The van der Waals surface area contributed by atoms with Crippen molar-refractivity contribution in [3.05, 3.63) is 24.3 Å². The second kappa shape index (κ2) is 6.37. The summed E-state index contributed by atoms with van der Waals surface area (Å²) < 4.78 is 5.93. The summed E-state index contributed by atoms with van der Waals surface area (Å²) in [7, 11) is 0. The number of fused-ring (bicyclic) bond motifs is 1. The Morgan fingerprint density at radius 2 is 2.05 bits per heavy atom. The van der Waals surface area contributed by atoms with Gasteiger partial charge in [-0.3, -0.25) is 4.90 Å². The smallest absolute Gasteiger partial charge is 0.322 e. The Bertz CT molecular complexity index is 497. The fourth-order valence-corrected chi connectivity index (χ4v) is 3.20. The van der Waals surface area contributed by atoms with Gasteiger partial charge in [-0.2, -0.15) is 0 Å². The highest BCUT2D eigenvalue weighted by atomic mass is 16.5. The van der Waals surface area contributed by atoms with Crippen molar-refractivity contribution in [2.75, 3.05) is 11.4 Å². The predicted octanol–water partition coefficient (Wildman–Crippen LogP) is 3.71. The molecule has 1 unspecified atom stereocenters. The SMILES string of the molecule is CCC1CN(C(=O)NC2CCCCC2)c2ccccc2O1. The van der Waals surface area contributed by atoms with E-state index < -0.39 is 0 Å². The van der Waals surface area contributed by atoms with Gasteiger partial charge in [0.15, 0.2) is 0 Å². The molecule has 2 amide bonds. The third-order valence-electron chi connectivity index (χ3n) is 4.47. The van der Waals surface area contributed by atoms with Gasteiger partial charge >= 0.3 is 6.03 Å². The first-order valence-corrected chi connectivity index (χ1v) is 8.11. The van der Waals surface area contributed by atoms with E-state index in [2.05, 4.69) is 12.2 Å². The molecule has 114 valence electrons. The van der Waals surface area contributed by atoms with Crippen LogP contribution in [-0.2, 0) is 0 Å². The molecule has 1 fully saturated rings. The van der Waals surface area contributed by atoms with Gasteiger partial charge in [-0.25, -0.2) is 4.79 Å². The summed E-state index contributed by atoms with van der Waals surface area (Å²) in [6, 6.07) is 8.17. The number of hydrogen-bond donors (Lipinski definition) is 1. The standard InChI is InChI=1S/C17H24N2O2/c1-2-14-12-19(15-10-6-7-11-16(15)21-14)17(20)18-13-8-4-3-5-9-13/h6-7,10-11,13-14H,2-5,8-9,12H2,1H3,(H,18,20). The first kappa shape index (κ1) is 14.2. The lowest BCUT2D eigenvalue weighted by Gasteiger charge is -2.35. The molecule has 0 bridgehead atoms. The maximum Gasteiger partial charge on any atom is 0.322 e. The molecule has 1 N–H and O–H groups in total. The molecule has 1 aromatic rings. The number of hydrogen-bond acceptors (Lipinski definition) is 2. The minimum atomic E-state index is 0.0242. The molecule has 1 atom stereocenters. The van der Waals surface area contributed by atoms with Crippen molar-refractivity contribution in [2.45, 2.75) is 57.6 Å². The number of nitrogens with zero attached hydrogens (tertiary/aromatic N) is 1. The number of benzene rings is 1. The average molecular weight is 288 g/mol. The van der Waals surface area contributed by atoms with Gasteiger partial charge in [0.2, 0.25) is 0 Å². The van der Waals surface area contributed by atoms with Crippen LogP contribution in [-0.4, -0.2) is 24.7 Å². The number of para-hydroxylation sites is 2. The zero-order valence-corrected chi connectivity index (χ0v) is 12.7.